The first kappa shape index (κ1) is 17.2. The number of aromatic nitrogens is 1. The fourth-order valence-corrected chi connectivity index (χ4v) is 4.19. The maximum atomic E-state index is 13.0. The summed E-state index contributed by atoms with van der Waals surface area (Å²) >= 11 is 0. The van der Waals surface area contributed by atoms with Crippen LogP contribution in [0.5, 0.6) is 5.75 Å². The molecule has 0 aliphatic heterocycles. The monoisotopic (exact) mass is 357 g/mol. The average Bonchev–Trinajstić information content (AvgIpc) is 2.62. The zero-order chi connectivity index (χ0) is 18.2. The van der Waals surface area contributed by atoms with Gasteiger partial charge in [-0.3, -0.25) is 4.79 Å². The minimum Gasteiger partial charge on any atom is -0.497 e. The molecule has 0 amide bonds. The van der Waals surface area contributed by atoms with E-state index in [2.05, 4.69) is 0 Å². The van der Waals surface area contributed by atoms with Crippen LogP contribution >= 0.6 is 0 Å². The van der Waals surface area contributed by atoms with Crippen LogP contribution in [-0.2, 0) is 16.4 Å². The number of hydrogen-bond acceptors (Lipinski definition) is 4. The van der Waals surface area contributed by atoms with Crippen LogP contribution in [0.1, 0.15) is 12.5 Å². The normalized spacial score (nSPS) is 11.6. The van der Waals surface area contributed by atoms with Gasteiger partial charge in [-0.1, -0.05) is 11.6 Å². The lowest BCUT2D eigenvalue weighted by atomic mass is 10.1. The van der Waals surface area contributed by atoms with Gasteiger partial charge in [-0.2, -0.15) is 0 Å². The molecule has 0 atom stereocenters. The van der Waals surface area contributed by atoms with Crippen LogP contribution in [-0.4, -0.2) is 20.1 Å². The molecule has 0 bridgehead atoms. The summed E-state index contributed by atoms with van der Waals surface area (Å²) in [5.74, 6) is 0.555. The highest BCUT2D eigenvalue weighted by atomic mass is 32.2. The molecule has 0 N–H and O–H groups in total. The third kappa shape index (κ3) is 2.93. The predicted octanol–water partition coefficient (Wildman–Crippen LogP) is 3.17. The minimum atomic E-state index is -3.92. The number of rotatable bonds is 4. The van der Waals surface area contributed by atoms with Crippen molar-refractivity contribution < 1.29 is 13.2 Å². The smallest absolute Gasteiger partial charge is 0.211 e. The molecule has 0 unspecified atom stereocenters. The molecule has 0 saturated carbocycles. The largest absolute Gasteiger partial charge is 0.497 e. The van der Waals surface area contributed by atoms with Crippen molar-refractivity contribution in [3.8, 4) is 5.75 Å². The summed E-state index contributed by atoms with van der Waals surface area (Å²) in [6.07, 6.45) is 1.43. The van der Waals surface area contributed by atoms with Gasteiger partial charge in [0.2, 0.25) is 15.3 Å². The fraction of sp³-hybridized carbons (Fsp3) is 0.211. The van der Waals surface area contributed by atoms with E-state index in [-0.39, 0.29) is 9.79 Å². The van der Waals surface area contributed by atoms with Crippen molar-refractivity contribution in [1.29, 1.82) is 0 Å². The first-order valence-corrected chi connectivity index (χ1v) is 9.39. The van der Waals surface area contributed by atoms with Crippen molar-refractivity contribution in [1.82, 2.24) is 4.57 Å². The lowest BCUT2D eigenvalue weighted by Crippen LogP contribution is -2.19. The topological polar surface area (TPSA) is 65.4 Å². The maximum Gasteiger partial charge on any atom is 0.211 e. The number of nitrogens with zero attached hydrogens (tertiary/aromatic N) is 1. The number of hydrogen-bond donors (Lipinski definition) is 0. The Morgan fingerprint density at radius 2 is 1.76 bits per heavy atom. The van der Waals surface area contributed by atoms with E-state index in [1.165, 1.54) is 25.4 Å². The number of aryl methyl sites for hydroxylation is 2. The second kappa shape index (κ2) is 6.37. The Morgan fingerprint density at radius 1 is 1.08 bits per heavy atom. The SMILES string of the molecule is CCn1cc(S(=O)(=O)c2ccc(OC)cc2)c(=O)c2cc(C)ccc21. The van der Waals surface area contributed by atoms with Crippen molar-refractivity contribution in [3.63, 3.8) is 0 Å². The molecule has 25 heavy (non-hydrogen) atoms. The third-order valence-electron chi connectivity index (χ3n) is 4.20. The molecular weight excluding hydrogens is 338 g/mol. The molecule has 0 aliphatic carbocycles. The number of benzene rings is 2. The molecule has 0 aliphatic rings. The van der Waals surface area contributed by atoms with Gasteiger partial charge in [0.05, 0.1) is 17.5 Å². The summed E-state index contributed by atoms with van der Waals surface area (Å²) in [7, 11) is -2.41. The predicted molar refractivity (Wildman–Crippen MR) is 97.1 cm³/mol. The number of ether oxygens (including phenoxy) is 1. The highest BCUT2D eigenvalue weighted by molar-refractivity contribution is 7.91. The minimum absolute atomic E-state index is 0.0695. The van der Waals surface area contributed by atoms with E-state index >= 15 is 0 Å². The van der Waals surface area contributed by atoms with Gasteiger partial charge in [-0.15, -0.1) is 0 Å². The summed E-state index contributed by atoms with van der Waals surface area (Å²) in [5, 5.41) is 0.413. The van der Waals surface area contributed by atoms with Crippen LogP contribution in [0.3, 0.4) is 0 Å². The van der Waals surface area contributed by atoms with Crippen LogP contribution in [0.2, 0.25) is 0 Å². The number of pyridine rings is 1. The number of sulfone groups is 1. The maximum absolute atomic E-state index is 13.0. The highest BCUT2D eigenvalue weighted by Crippen LogP contribution is 2.23. The van der Waals surface area contributed by atoms with Crippen LogP contribution < -0.4 is 10.2 Å². The Labute approximate surface area is 146 Å². The zero-order valence-corrected chi connectivity index (χ0v) is 15.1. The van der Waals surface area contributed by atoms with E-state index in [0.29, 0.717) is 17.7 Å². The van der Waals surface area contributed by atoms with E-state index in [4.69, 9.17) is 4.74 Å². The van der Waals surface area contributed by atoms with Crippen LogP contribution in [0.25, 0.3) is 10.9 Å². The molecule has 0 fully saturated rings. The van der Waals surface area contributed by atoms with Gasteiger partial charge in [0.15, 0.2) is 0 Å². The average molecular weight is 357 g/mol. The van der Waals surface area contributed by atoms with E-state index in [9.17, 15) is 13.2 Å². The van der Waals surface area contributed by atoms with Crippen LogP contribution in [0, 0.1) is 6.92 Å². The molecule has 130 valence electrons. The highest BCUT2D eigenvalue weighted by Gasteiger charge is 2.23. The van der Waals surface area contributed by atoms with E-state index < -0.39 is 15.3 Å². The quantitative estimate of drug-likeness (QED) is 0.719. The Morgan fingerprint density at radius 3 is 2.36 bits per heavy atom. The molecule has 2 aromatic carbocycles. The standard InChI is InChI=1S/C19H19NO4S/c1-4-20-12-18(19(21)16-11-13(2)5-10-17(16)20)25(22,23)15-8-6-14(24-3)7-9-15/h5-12H,4H2,1-3H3. The summed E-state index contributed by atoms with van der Waals surface area (Å²) < 4.78 is 32.8. The summed E-state index contributed by atoms with van der Waals surface area (Å²) in [4.78, 5) is 12.7. The lowest BCUT2D eigenvalue weighted by Gasteiger charge is -2.13. The van der Waals surface area contributed by atoms with Crippen molar-refractivity contribution in [3.05, 3.63) is 64.4 Å². The second-order valence-corrected chi connectivity index (χ2v) is 7.73. The Kier molecular flexibility index (Phi) is 4.39. The Hall–Kier alpha value is -2.60. The zero-order valence-electron chi connectivity index (χ0n) is 14.3. The second-order valence-electron chi connectivity index (χ2n) is 5.81. The van der Waals surface area contributed by atoms with E-state index in [1.807, 2.05) is 26.0 Å². The number of methoxy groups -OCH3 is 1. The van der Waals surface area contributed by atoms with Gasteiger partial charge in [-0.25, -0.2) is 8.42 Å². The molecule has 0 radical (unpaired) electrons. The summed E-state index contributed by atoms with van der Waals surface area (Å²) in [6.45, 7) is 4.35. The molecule has 3 rings (SSSR count). The van der Waals surface area contributed by atoms with Gasteiger partial charge >= 0.3 is 0 Å². The summed E-state index contributed by atoms with van der Waals surface area (Å²) in [5.41, 5.74) is 1.16. The Balaban J connectivity index is 2.30. The molecule has 1 aromatic heterocycles. The third-order valence-corrected chi connectivity index (χ3v) is 5.97. The van der Waals surface area contributed by atoms with Crippen LogP contribution in [0.15, 0.2) is 63.2 Å². The first-order valence-electron chi connectivity index (χ1n) is 7.91. The summed E-state index contributed by atoms with van der Waals surface area (Å²) in [6, 6.07) is 11.5. The first-order chi connectivity index (χ1) is 11.9. The van der Waals surface area contributed by atoms with Gasteiger partial charge in [-0.05, 0) is 50.2 Å². The van der Waals surface area contributed by atoms with E-state index in [0.717, 1.165) is 11.1 Å². The number of fused-ring (bicyclic) bond motifs is 1. The molecule has 5 nitrogen and oxygen atoms in total. The van der Waals surface area contributed by atoms with Crippen molar-refractivity contribution >= 4 is 20.7 Å². The fourth-order valence-electron chi connectivity index (χ4n) is 2.82. The van der Waals surface area contributed by atoms with Crippen LogP contribution in [0.4, 0.5) is 0 Å². The molecule has 6 heteroatoms. The molecule has 0 saturated heterocycles. The van der Waals surface area contributed by atoms with Gasteiger partial charge in [0, 0.05) is 18.1 Å². The molecule has 3 aromatic rings. The van der Waals surface area contributed by atoms with E-state index in [1.54, 1.807) is 22.8 Å². The van der Waals surface area contributed by atoms with Crippen molar-refractivity contribution in [2.45, 2.75) is 30.2 Å². The van der Waals surface area contributed by atoms with Crippen molar-refractivity contribution in [2.24, 2.45) is 0 Å². The molecular formula is C19H19NO4S. The van der Waals surface area contributed by atoms with Crippen molar-refractivity contribution in [2.75, 3.05) is 7.11 Å². The van der Waals surface area contributed by atoms with Gasteiger partial charge < -0.3 is 9.30 Å². The molecule has 1 heterocycles. The van der Waals surface area contributed by atoms with Gasteiger partial charge in [0.1, 0.15) is 10.6 Å². The lowest BCUT2D eigenvalue weighted by molar-refractivity contribution is 0.414. The Bertz CT molecular complexity index is 1100. The molecule has 0 spiro atoms. The van der Waals surface area contributed by atoms with Gasteiger partial charge in [0.25, 0.3) is 0 Å².